The number of carbonyl (C=O) groups is 2. The van der Waals surface area contributed by atoms with Gasteiger partial charge < -0.3 is 10.1 Å². The van der Waals surface area contributed by atoms with Crippen molar-refractivity contribution >= 4 is 11.9 Å². The number of esters is 1. The molecule has 0 aromatic heterocycles. The van der Waals surface area contributed by atoms with Crippen LogP contribution in [0.4, 0.5) is 0 Å². The molecule has 0 saturated heterocycles. The Kier molecular flexibility index (Phi) is 4.61. The molecule has 4 heteroatoms. The molecule has 0 heterocycles. The van der Waals surface area contributed by atoms with Crippen molar-refractivity contribution in [2.75, 3.05) is 13.7 Å². The van der Waals surface area contributed by atoms with Gasteiger partial charge in [-0.2, -0.15) is 0 Å². The van der Waals surface area contributed by atoms with Crippen molar-refractivity contribution in [1.82, 2.24) is 5.32 Å². The van der Waals surface area contributed by atoms with Crippen molar-refractivity contribution in [3.8, 4) is 0 Å². The molecule has 1 N–H and O–H groups in total. The zero-order chi connectivity index (χ0) is 13.0. The summed E-state index contributed by atoms with van der Waals surface area (Å²) in [6.07, 6.45) is 8.48. The lowest BCUT2D eigenvalue weighted by atomic mass is 9.67. The molecule has 18 heavy (non-hydrogen) atoms. The van der Waals surface area contributed by atoms with Crippen LogP contribution in [0.3, 0.4) is 0 Å². The standard InChI is InChI=1S/C14H23NO3/c1-18-13(16)9-15-14(17)12-7-6-10-4-2-3-5-11(10)8-12/h10-12H,2-9H2,1H3,(H,15,17). The average molecular weight is 253 g/mol. The number of hydrogen-bond acceptors (Lipinski definition) is 3. The van der Waals surface area contributed by atoms with Gasteiger partial charge in [-0.25, -0.2) is 0 Å². The molecule has 0 bridgehead atoms. The van der Waals surface area contributed by atoms with Gasteiger partial charge in [0.05, 0.1) is 7.11 Å². The fourth-order valence-electron chi connectivity index (χ4n) is 3.49. The Balaban J connectivity index is 1.79. The summed E-state index contributed by atoms with van der Waals surface area (Å²) < 4.78 is 4.52. The smallest absolute Gasteiger partial charge is 0.325 e. The van der Waals surface area contributed by atoms with Gasteiger partial charge in [-0.3, -0.25) is 9.59 Å². The van der Waals surface area contributed by atoms with E-state index in [1.807, 2.05) is 0 Å². The predicted octanol–water partition coefficient (Wildman–Crippen LogP) is 1.88. The number of rotatable bonds is 3. The van der Waals surface area contributed by atoms with E-state index < -0.39 is 0 Å². The Hall–Kier alpha value is -1.06. The highest BCUT2D eigenvalue weighted by Crippen LogP contribution is 2.42. The fourth-order valence-corrected chi connectivity index (χ4v) is 3.49. The minimum atomic E-state index is -0.380. The third-order valence-electron chi connectivity index (χ3n) is 4.55. The van der Waals surface area contributed by atoms with Gasteiger partial charge in [0.15, 0.2) is 0 Å². The molecule has 2 aliphatic carbocycles. The van der Waals surface area contributed by atoms with Gasteiger partial charge in [0.1, 0.15) is 6.54 Å². The maximum Gasteiger partial charge on any atom is 0.325 e. The highest BCUT2D eigenvalue weighted by Gasteiger charge is 2.34. The predicted molar refractivity (Wildman–Crippen MR) is 67.8 cm³/mol. The molecule has 2 fully saturated rings. The maximum atomic E-state index is 12.0. The molecule has 0 aliphatic heterocycles. The molecule has 0 spiro atoms. The third-order valence-corrected chi connectivity index (χ3v) is 4.55. The lowest BCUT2D eigenvalue weighted by Gasteiger charge is -2.38. The van der Waals surface area contributed by atoms with Crippen LogP contribution < -0.4 is 5.32 Å². The van der Waals surface area contributed by atoms with Gasteiger partial charge in [0, 0.05) is 5.92 Å². The molecular formula is C14H23NO3. The second-order valence-corrected chi connectivity index (χ2v) is 5.61. The first-order valence-electron chi connectivity index (χ1n) is 7.05. The van der Waals surface area contributed by atoms with E-state index in [1.165, 1.54) is 39.2 Å². The zero-order valence-electron chi connectivity index (χ0n) is 11.1. The normalized spacial score (nSPS) is 31.3. The van der Waals surface area contributed by atoms with Crippen LogP contribution in [-0.2, 0) is 14.3 Å². The van der Waals surface area contributed by atoms with Crippen LogP contribution in [0.5, 0.6) is 0 Å². The summed E-state index contributed by atoms with van der Waals surface area (Å²) in [6.45, 7) is -0.0000709. The van der Waals surface area contributed by atoms with Crippen molar-refractivity contribution in [1.29, 1.82) is 0 Å². The molecule has 1 amide bonds. The summed E-state index contributed by atoms with van der Waals surface area (Å²) in [4.78, 5) is 23.0. The molecule has 2 saturated carbocycles. The molecule has 2 rings (SSSR count). The van der Waals surface area contributed by atoms with E-state index in [2.05, 4.69) is 10.1 Å². The Morgan fingerprint density at radius 3 is 2.56 bits per heavy atom. The Morgan fingerprint density at radius 2 is 1.83 bits per heavy atom. The SMILES string of the molecule is COC(=O)CNC(=O)C1CCC2CCCCC2C1. The number of hydrogen-bond donors (Lipinski definition) is 1. The van der Waals surface area contributed by atoms with Crippen molar-refractivity contribution < 1.29 is 14.3 Å². The van der Waals surface area contributed by atoms with Gasteiger partial charge in [0.2, 0.25) is 5.91 Å². The number of carbonyl (C=O) groups excluding carboxylic acids is 2. The molecule has 0 radical (unpaired) electrons. The van der Waals surface area contributed by atoms with Crippen LogP contribution in [0.2, 0.25) is 0 Å². The lowest BCUT2D eigenvalue weighted by molar-refractivity contribution is -0.142. The quantitative estimate of drug-likeness (QED) is 0.781. The van der Waals surface area contributed by atoms with Gasteiger partial charge in [-0.15, -0.1) is 0 Å². The first-order chi connectivity index (χ1) is 8.70. The second kappa shape index (κ2) is 6.21. The van der Waals surface area contributed by atoms with Crippen LogP contribution in [0, 0.1) is 17.8 Å². The Labute approximate surface area is 108 Å². The van der Waals surface area contributed by atoms with E-state index in [-0.39, 0.29) is 24.3 Å². The number of ether oxygens (including phenoxy) is 1. The molecule has 4 nitrogen and oxygen atoms in total. The number of fused-ring (bicyclic) bond motifs is 1. The average Bonchev–Trinajstić information content (AvgIpc) is 2.43. The van der Waals surface area contributed by atoms with Gasteiger partial charge in [-0.1, -0.05) is 25.7 Å². The minimum absolute atomic E-state index is 0.0000709. The lowest BCUT2D eigenvalue weighted by Crippen LogP contribution is -2.39. The van der Waals surface area contributed by atoms with Gasteiger partial charge in [-0.05, 0) is 31.1 Å². The van der Waals surface area contributed by atoms with E-state index in [9.17, 15) is 9.59 Å². The molecule has 3 unspecified atom stereocenters. The molecule has 3 atom stereocenters. The zero-order valence-corrected chi connectivity index (χ0v) is 11.1. The van der Waals surface area contributed by atoms with Crippen LogP contribution in [0.1, 0.15) is 44.9 Å². The van der Waals surface area contributed by atoms with Gasteiger partial charge in [0.25, 0.3) is 0 Å². The minimum Gasteiger partial charge on any atom is -0.468 e. The van der Waals surface area contributed by atoms with Crippen molar-refractivity contribution in [3.63, 3.8) is 0 Å². The van der Waals surface area contributed by atoms with Crippen molar-refractivity contribution in [2.24, 2.45) is 17.8 Å². The summed E-state index contributed by atoms with van der Waals surface area (Å²) in [5.41, 5.74) is 0. The monoisotopic (exact) mass is 253 g/mol. The van der Waals surface area contributed by atoms with E-state index in [0.29, 0.717) is 0 Å². The van der Waals surface area contributed by atoms with Crippen LogP contribution in [-0.4, -0.2) is 25.5 Å². The number of amides is 1. The summed E-state index contributed by atoms with van der Waals surface area (Å²) in [6, 6.07) is 0. The van der Waals surface area contributed by atoms with Crippen molar-refractivity contribution in [3.05, 3.63) is 0 Å². The van der Waals surface area contributed by atoms with Gasteiger partial charge >= 0.3 is 5.97 Å². The number of methoxy groups -OCH3 is 1. The molecule has 0 aromatic rings. The molecule has 102 valence electrons. The second-order valence-electron chi connectivity index (χ2n) is 5.61. The summed E-state index contributed by atoms with van der Waals surface area (Å²) in [5.74, 6) is 1.35. The Bertz CT molecular complexity index is 316. The maximum absolute atomic E-state index is 12.0. The molecule has 2 aliphatic rings. The van der Waals surface area contributed by atoms with Crippen LogP contribution in [0.15, 0.2) is 0 Å². The van der Waals surface area contributed by atoms with Crippen molar-refractivity contribution in [2.45, 2.75) is 44.9 Å². The highest BCUT2D eigenvalue weighted by molar-refractivity contribution is 5.83. The van der Waals surface area contributed by atoms with E-state index in [4.69, 9.17) is 0 Å². The van der Waals surface area contributed by atoms with Crippen LogP contribution in [0.25, 0.3) is 0 Å². The van der Waals surface area contributed by atoms with Crippen LogP contribution >= 0.6 is 0 Å². The van der Waals surface area contributed by atoms with E-state index >= 15 is 0 Å². The molecular weight excluding hydrogens is 230 g/mol. The topological polar surface area (TPSA) is 55.4 Å². The number of nitrogens with one attached hydrogen (secondary N) is 1. The third kappa shape index (κ3) is 3.24. The summed E-state index contributed by atoms with van der Waals surface area (Å²) >= 11 is 0. The van der Waals surface area contributed by atoms with E-state index in [0.717, 1.165) is 24.7 Å². The first-order valence-corrected chi connectivity index (χ1v) is 7.05. The largest absolute Gasteiger partial charge is 0.468 e. The highest BCUT2D eigenvalue weighted by atomic mass is 16.5. The molecule has 0 aromatic carbocycles. The summed E-state index contributed by atoms with van der Waals surface area (Å²) in [5, 5.41) is 2.69. The first kappa shape index (κ1) is 13.4. The fraction of sp³-hybridized carbons (Fsp3) is 0.857. The Morgan fingerprint density at radius 1 is 1.11 bits per heavy atom. The van der Waals surface area contributed by atoms with E-state index in [1.54, 1.807) is 0 Å². The summed E-state index contributed by atoms with van der Waals surface area (Å²) in [7, 11) is 1.34.